The molecular weight excluding hydrogens is 166 g/mol. The molecule has 0 spiro atoms. The van der Waals surface area contributed by atoms with Crippen molar-refractivity contribution in [3.63, 3.8) is 0 Å². The number of quaternary nitrogens is 1. The van der Waals surface area contributed by atoms with E-state index in [1.807, 2.05) is 0 Å². The molecule has 1 aliphatic rings. The summed E-state index contributed by atoms with van der Waals surface area (Å²) in [5.74, 6) is 1.72. The van der Waals surface area contributed by atoms with Gasteiger partial charge in [0.1, 0.15) is 11.6 Å². The molecule has 0 bridgehead atoms. The van der Waals surface area contributed by atoms with Crippen LogP contribution in [0, 0.1) is 5.92 Å². The molecule has 0 aliphatic carbocycles. The molecular formula is C10H20NS+. The van der Waals surface area contributed by atoms with Gasteiger partial charge >= 0.3 is 0 Å². The van der Waals surface area contributed by atoms with E-state index in [1.54, 1.807) is 5.70 Å². The predicted molar refractivity (Wildman–Crippen MR) is 57.0 cm³/mol. The lowest BCUT2D eigenvalue weighted by Crippen LogP contribution is -2.45. The Morgan fingerprint density at radius 2 is 2.17 bits per heavy atom. The summed E-state index contributed by atoms with van der Waals surface area (Å²) in [6, 6.07) is 0.716. The third-order valence-corrected chi connectivity index (χ3v) is 4.12. The molecule has 1 fully saturated rings. The highest BCUT2D eigenvalue weighted by Crippen LogP contribution is 2.38. The van der Waals surface area contributed by atoms with Crippen molar-refractivity contribution in [3.8, 4) is 0 Å². The van der Waals surface area contributed by atoms with Crippen LogP contribution in [0.25, 0.3) is 0 Å². The molecule has 0 aromatic rings. The second-order valence-corrected chi connectivity index (χ2v) is 4.39. The minimum atomic E-state index is 0.716. The molecule has 0 N–H and O–H groups in total. The van der Waals surface area contributed by atoms with Crippen LogP contribution >= 0.6 is 12.6 Å². The molecule has 1 rings (SSSR count). The first-order valence-electron chi connectivity index (χ1n) is 4.68. The van der Waals surface area contributed by atoms with Crippen LogP contribution in [0.1, 0.15) is 27.2 Å². The van der Waals surface area contributed by atoms with E-state index in [0.717, 1.165) is 16.3 Å². The van der Waals surface area contributed by atoms with E-state index in [1.165, 1.54) is 6.42 Å². The summed E-state index contributed by atoms with van der Waals surface area (Å²) in [7, 11) is 2.29. The van der Waals surface area contributed by atoms with Crippen LogP contribution in [0.4, 0.5) is 0 Å². The van der Waals surface area contributed by atoms with E-state index in [0.29, 0.717) is 6.04 Å². The summed E-state index contributed by atoms with van der Waals surface area (Å²) in [6.07, 6.45) is 3.50. The zero-order chi connectivity index (χ0) is 9.35. The van der Waals surface area contributed by atoms with Crippen molar-refractivity contribution in [3.05, 3.63) is 11.8 Å². The van der Waals surface area contributed by atoms with Gasteiger partial charge in [-0.15, -0.1) is 12.6 Å². The number of rotatable bonds is 1. The maximum absolute atomic E-state index is 4.45. The third kappa shape index (κ3) is 1.31. The van der Waals surface area contributed by atoms with E-state index < -0.39 is 0 Å². The van der Waals surface area contributed by atoms with Crippen LogP contribution in [-0.4, -0.2) is 23.4 Å². The minimum absolute atomic E-state index is 0.716. The molecule has 0 amide bonds. The molecule has 1 aliphatic heterocycles. The zero-order valence-corrected chi connectivity index (χ0v) is 9.44. The van der Waals surface area contributed by atoms with Gasteiger partial charge in [-0.05, 0) is 19.9 Å². The van der Waals surface area contributed by atoms with Gasteiger partial charge in [0.2, 0.25) is 0 Å². The van der Waals surface area contributed by atoms with Crippen LogP contribution in [0.2, 0.25) is 0 Å². The Kier molecular flexibility index (Phi) is 2.89. The predicted octanol–water partition coefficient (Wildman–Crippen LogP) is 2.65. The summed E-state index contributed by atoms with van der Waals surface area (Å²) in [6.45, 7) is 6.80. The Labute approximate surface area is 81.5 Å². The maximum atomic E-state index is 4.45. The number of nitrogens with zero attached hydrogens (tertiary/aromatic N) is 1. The quantitative estimate of drug-likeness (QED) is 0.472. The first-order chi connectivity index (χ1) is 5.56. The fourth-order valence-electron chi connectivity index (χ4n) is 2.16. The van der Waals surface area contributed by atoms with E-state index in [9.17, 15) is 0 Å². The van der Waals surface area contributed by atoms with Gasteiger partial charge < -0.3 is 0 Å². The first-order valence-corrected chi connectivity index (χ1v) is 5.31. The van der Waals surface area contributed by atoms with Gasteiger partial charge in [0.05, 0.1) is 13.1 Å². The number of allylic oxidation sites excluding steroid dienone is 2. The number of hydrogen-bond donors (Lipinski definition) is 1. The Bertz CT molecular complexity index is 200. The van der Waals surface area contributed by atoms with Gasteiger partial charge in [0.15, 0.2) is 0 Å². The van der Waals surface area contributed by atoms with Crippen molar-refractivity contribution >= 4 is 12.6 Å². The molecule has 1 saturated heterocycles. The van der Waals surface area contributed by atoms with Crippen LogP contribution in [0.15, 0.2) is 11.8 Å². The monoisotopic (exact) mass is 186 g/mol. The molecule has 3 unspecified atom stereocenters. The standard InChI is InChI=1S/C10H19NS/c1-5-10-6-8(2)9(3)11(10,4)7-12/h5,8-9H,6-7H2,1-4H3/p+1. The number of hydrogen-bond acceptors (Lipinski definition) is 1. The largest absolute Gasteiger partial charge is 0.287 e. The lowest BCUT2D eigenvalue weighted by molar-refractivity contribution is -0.875. The fourth-order valence-corrected chi connectivity index (χ4v) is 2.60. The van der Waals surface area contributed by atoms with Gasteiger partial charge in [-0.2, -0.15) is 0 Å². The molecule has 70 valence electrons. The van der Waals surface area contributed by atoms with Crippen molar-refractivity contribution in [2.75, 3.05) is 12.9 Å². The molecule has 3 atom stereocenters. The van der Waals surface area contributed by atoms with Crippen LogP contribution in [-0.2, 0) is 0 Å². The number of likely N-dealkylation sites (tertiary alicyclic amines) is 1. The minimum Gasteiger partial charge on any atom is -0.287 e. The van der Waals surface area contributed by atoms with Gasteiger partial charge in [-0.3, -0.25) is 4.48 Å². The van der Waals surface area contributed by atoms with E-state index in [4.69, 9.17) is 0 Å². The smallest absolute Gasteiger partial charge is 0.127 e. The Balaban J connectivity index is 2.96. The summed E-state index contributed by atoms with van der Waals surface area (Å²) < 4.78 is 1.03. The molecule has 0 aromatic heterocycles. The molecule has 2 heteroatoms. The molecule has 12 heavy (non-hydrogen) atoms. The van der Waals surface area contributed by atoms with Crippen LogP contribution < -0.4 is 0 Å². The Morgan fingerprint density at radius 1 is 1.58 bits per heavy atom. The van der Waals surface area contributed by atoms with E-state index in [2.05, 4.69) is 46.5 Å². The summed E-state index contributed by atoms with van der Waals surface area (Å²) in [5.41, 5.74) is 1.55. The second kappa shape index (κ2) is 3.43. The molecule has 0 saturated carbocycles. The summed E-state index contributed by atoms with van der Waals surface area (Å²) in [5, 5.41) is 0. The van der Waals surface area contributed by atoms with Crippen molar-refractivity contribution < 1.29 is 4.48 Å². The highest BCUT2D eigenvalue weighted by atomic mass is 32.1. The summed E-state index contributed by atoms with van der Waals surface area (Å²) in [4.78, 5) is 0. The van der Waals surface area contributed by atoms with Crippen molar-refractivity contribution in [2.24, 2.45) is 5.92 Å². The molecule has 0 aromatic carbocycles. The van der Waals surface area contributed by atoms with Gasteiger partial charge in [0.25, 0.3) is 0 Å². The zero-order valence-electron chi connectivity index (χ0n) is 8.54. The Morgan fingerprint density at radius 3 is 2.50 bits per heavy atom. The lowest BCUT2D eigenvalue weighted by atomic mass is 10.0. The van der Waals surface area contributed by atoms with Gasteiger partial charge in [-0.25, -0.2) is 0 Å². The molecule has 0 radical (unpaired) electrons. The van der Waals surface area contributed by atoms with Gasteiger partial charge in [0, 0.05) is 12.3 Å². The first kappa shape index (κ1) is 10.1. The van der Waals surface area contributed by atoms with Crippen molar-refractivity contribution in [1.82, 2.24) is 0 Å². The van der Waals surface area contributed by atoms with Crippen molar-refractivity contribution in [2.45, 2.75) is 33.2 Å². The van der Waals surface area contributed by atoms with Crippen LogP contribution in [0.3, 0.4) is 0 Å². The second-order valence-electron chi connectivity index (χ2n) is 4.11. The van der Waals surface area contributed by atoms with E-state index >= 15 is 0 Å². The number of thiol groups is 1. The third-order valence-electron chi connectivity index (χ3n) is 3.54. The Hall–Kier alpha value is 0.0500. The van der Waals surface area contributed by atoms with Crippen molar-refractivity contribution in [1.29, 1.82) is 0 Å². The SMILES string of the molecule is CC=C1CC(C)C(C)[N+]1(C)CS. The van der Waals surface area contributed by atoms with E-state index in [-0.39, 0.29) is 0 Å². The highest BCUT2D eigenvalue weighted by molar-refractivity contribution is 7.80. The summed E-state index contributed by atoms with van der Waals surface area (Å²) >= 11 is 4.45. The molecule has 1 nitrogen and oxygen atoms in total. The maximum Gasteiger partial charge on any atom is 0.127 e. The lowest BCUT2D eigenvalue weighted by Gasteiger charge is -2.34. The average molecular weight is 186 g/mol. The highest BCUT2D eigenvalue weighted by Gasteiger charge is 2.43. The van der Waals surface area contributed by atoms with Gasteiger partial charge in [-0.1, -0.05) is 6.92 Å². The molecule has 1 heterocycles. The normalized spacial score (nSPS) is 45.6. The topological polar surface area (TPSA) is 0 Å². The van der Waals surface area contributed by atoms with Crippen LogP contribution in [0.5, 0.6) is 0 Å². The average Bonchev–Trinajstić information content (AvgIpc) is 2.30. The fraction of sp³-hybridized carbons (Fsp3) is 0.800.